The van der Waals surface area contributed by atoms with Gasteiger partial charge in [-0.15, -0.1) is 21.5 Å². The summed E-state index contributed by atoms with van der Waals surface area (Å²) in [5.74, 6) is 0.134. The van der Waals surface area contributed by atoms with Crippen molar-refractivity contribution >= 4 is 52.2 Å². The first kappa shape index (κ1) is 57.4. The first-order valence-corrected chi connectivity index (χ1v) is 28.9. The minimum atomic E-state index is -0.858. The maximum Gasteiger partial charge on any atom is 0.246 e. The van der Waals surface area contributed by atoms with E-state index < -0.39 is 23.6 Å². The molecule has 2 aromatic heterocycles. The molecule has 5 aromatic rings. The monoisotopic (exact) mass is 1080 g/mol. The molecule has 4 amide bonds. The van der Waals surface area contributed by atoms with E-state index in [2.05, 4.69) is 59.9 Å². The molecular formula is C60H80N10O7S. The number of piperidine rings is 1. The number of carbonyl (C=O) groups excluding carboxylic acids is 4. The van der Waals surface area contributed by atoms with Crippen LogP contribution in [-0.2, 0) is 19.2 Å². The van der Waals surface area contributed by atoms with Crippen LogP contribution in [0.5, 0.6) is 11.5 Å². The molecule has 78 heavy (non-hydrogen) atoms. The molecule has 0 saturated carbocycles. The SMILES string of the molecule is Cc1ncsc1-c1ccc(C(C)NC(=O)C2CC(O)CN2C(=O)C(NC(=O)CCCCCCCCCCC(=O)N2CCN(c3ccc(N4CCCC(Oc5cc(-c6ccccc6O)nnc5N)C4)cc3)CC2)C(C)(C)C)cc1. The minimum Gasteiger partial charge on any atom is -0.507 e. The van der Waals surface area contributed by atoms with Crippen LogP contribution in [0.25, 0.3) is 21.7 Å². The molecule has 5 unspecified atom stereocenters. The third kappa shape index (κ3) is 15.1. The van der Waals surface area contributed by atoms with E-state index >= 15 is 0 Å². The van der Waals surface area contributed by atoms with Crippen LogP contribution in [0.1, 0.15) is 128 Å². The number of piperazine rings is 1. The van der Waals surface area contributed by atoms with Crippen LogP contribution < -0.4 is 30.9 Å². The van der Waals surface area contributed by atoms with E-state index in [1.54, 1.807) is 35.6 Å². The fourth-order valence-electron chi connectivity index (χ4n) is 10.9. The number of hydrogen-bond acceptors (Lipinski definition) is 14. The van der Waals surface area contributed by atoms with Gasteiger partial charge in [0.05, 0.1) is 34.8 Å². The van der Waals surface area contributed by atoms with Crippen molar-refractivity contribution in [3.8, 4) is 33.2 Å². The van der Waals surface area contributed by atoms with Gasteiger partial charge in [0.25, 0.3) is 0 Å². The van der Waals surface area contributed by atoms with Crippen molar-refractivity contribution in [1.29, 1.82) is 0 Å². The minimum absolute atomic E-state index is 0.0268. The summed E-state index contributed by atoms with van der Waals surface area (Å²) in [4.78, 5) is 67.8. The van der Waals surface area contributed by atoms with Crippen LogP contribution >= 0.6 is 11.3 Å². The largest absolute Gasteiger partial charge is 0.507 e. The van der Waals surface area contributed by atoms with Crippen molar-refractivity contribution in [3.63, 3.8) is 0 Å². The van der Waals surface area contributed by atoms with Gasteiger partial charge in [-0.25, -0.2) is 4.98 Å². The molecule has 5 atom stereocenters. The van der Waals surface area contributed by atoms with Gasteiger partial charge in [0, 0.05) is 81.5 Å². The molecule has 3 saturated heterocycles. The lowest BCUT2D eigenvalue weighted by molar-refractivity contribution is -0.144. The second kappa shape index (κ2) is 26.7. The summed E-state index contributed by atoms with van der Waals surface area (Å²) in [6.07, 6.45) is 9.67. The smallest absolute Gasteiger partial charge is 0.246 e. The van der Waals surface area contributed by atoms with Crippen LogP contribution in [0, 0.1) is 12.3 Å². The Kier molecular flexibility index (Phi) is 19.7. The zero-order valence-corrected chi connectivity index (χ0v) is 47.0. The Morgan fingerprint density at radius 3 is 2.12 bits per heavy atom. The number of nitrogen functional groups attached to an aromatic ring is 1. The number of unbranched alkanes of at least 4 members (excludes halogenated alkanes) is 7. The third-order valence-corrected chi connectivity index (χ3v) is 16.4. The Labute approximate surface area is 464 Å². The van der Waals surface area contributed by atoms with Gasteiger partial charge in [-0.05, 0) is 92.5 Å². The summed E-state index contributed by atoms with van der Waals surface area (Å²) in [5.41, 5.74) is 13.7. The van der Waals surface area contributed by atoms with Gasteiger partial charge >= 0.3 is 0 Å². The molecule has 18 heteroatoms. The second-order valence-electron chi connectivity index (χ2n) is 22.4. The molecule has 418 valence electrons. The molecule has 0 radical (unpaired) electrons. The molecule has 5 heterocycles. The fourth-order valence-corrected chi connectivity index (χ4v) is 11.7. The number of nitrogens with two attached hydrogens (primary N) is 1. The normalized spacial score (nSPS) is 18.6. The lowest BCUT2D eigenvalue weighted by Crippen LogP contribution is -2.57. The second-order valence-corrected chi connectivity index (χ2v) is 23.3. The number of nitrogens with one attached hydrogen (secondary N) is 2. The van der Waals surface area contributed by atoms with E-state index in [1.807, 2.05) is 75.4 Å². The molecule has 0 spiro atoms. The molecule has 17 nitrogen and oxygen atoms in total. The van der Waals surface area contributed by atoms with Crippen molar-refractivity contribution in [2.24, 2.45) is 5.41 Å². The van der Waals surface area contributed by atoms with Crippen molar-refractivity contribution in [2.45, 2.75) is 148 Å². The number of aromatic hydroxyl groups is 1. The number of nitrogens with zero attached hydrogens (tertiary/aromatic N) is 7. The summed E-state index contributed by atoms with van der Waals surface area (Å²) in [6.45, 7) is 14.2. The summed E-state index contributed by atoms with van der Waals surface area (Å²) in [6, 6.07) is 23.4. The quantitative estimate of drug-likeness (QED) is 0.0410. The highest BCUT2D eigenvalue weighted by atomic mass is 32.1. The fraction of sp³-hybridized carbons (Fsp3) is 0.517. The molecule has 8 rings (SSSR count). The number of anilines is 3. The van der Waals surface area contributed by atoms with Crippen molar-refractivity contribution < 1.29 is 34.1 Å². The van der Waals surface area contributed by atoms with Gasteiger partial charge in [-0.1, -0.05) is 95.7 Å². The Balaban J connectivity index is 0.677. The number of phenols is 1. The average molecular weight is 1090 g/mol. The van der Waals surface area contributed by atoms with Gasteiger partial charge in [-0.3, -0.25) is 19.2 Å². The molecular weight excluding hydrogens is 1000 g/mol. The number of likely N-dealkylation sites (tertiary alicyclic amines) is 1. The predicted molar refractivity (Wildman–Crippen MR) is 307 cm³/mol. The number of phenolic OH excluding ortho intramolecular Hbond substituents is 1. The molecule has 3 aliphatic rings. The first-order valence-electron chi connectivity index (χ1n) is 28.1. The highest BCUT2D eigenvalue weighted by Gasteiger charge is 2.45. The summed E-state index contributed by atoms with van der Waals surface area (Å²) < 4.78 is 6.39. The number of carbonyl (C=O) groups is 4. The van der Waals surface area contributed by atoms with Crippen molar-refractivity contribution in [2.75, 3.05) is 61.3 Å². The topological polar surface area (TPSA) is 220 Å². The van der Waals surface area contributed by atoms with Crippen LogP contribution in [0.15, 0.2) is 84.4 Å². The molecule has 0 aliphatic carbocycles. The number of rotatable bonds is 22. The Bertz CT molecular complexity index is 2800. The Morgan fingerprint density at radius 1 is 0.808 bits per heavy atom. The molecule has 3 aliphatic heterocycles. The van der Waals surface area contributed by atoms with E-state index in [9.17, 15) is 29.4 Å². The zero-order chi connectivity index (χ0) is 55.3. The van der Waals surface area contributed by atoms with Crippen LogP contribution in [0.2, 0.25) is 0 Å². The summed E-state index contributed by atoms with van der Waals surface area (Å²) in [5, 5.41) is 35.3. The standard InChI is InChI=1S/C60H80N10O7S/c1-40(42-22-24-43(25-23-42)55-41(2)62-39-78-55)63-58(75)50-35-46(71)37-70(50)59(76)56(60(3,4)5)64-53(73)20-12-10-8-6-7-9-11-13-21-54(74)68-33-31-67(32-34-68)44-26-28-45(29-27-44)69-30-16-17-47(38-69)77-52-36-49(65-66-57(52)61)48-18-14-15-19-51(48)72/h14-15,18-19,22-29,36,39-40,46-47,50,56,71-72H,6-13,16-17,20-21,30-35,37-38H2,1-5H3,(H2,61,66)(H,63,75)(H,64,73). The molecule has 6 N–H and O–H groups in total. The highest BCUT2D eigenvalue weighted by Crippen LogP contribution is 2.34. The number of benzene rings is 3. The lowest BCUT2D eigenvalue weighted by Gasteiger charge is -2.37. The number of aryl methyl sites for hydroxylation is 1. The van der Waals surface area contributed by atoms with Gasteiger partial charge in [0.2, 0.25) is 23.6 Å². The lowest BCUT2D eigenvalue weighted by atomic mass is 9.85. The van der Waals surface area contributed by atoms with E-state index in [0.717, 1.165) is 110 Å². The first-order chi connectivity index (χ1) is 37.5. The van der Waals surface area contributed by atoms with E-state index in [4.69, 9.17) is 10.5 Å². The van der Waals surface area contributed by atoms with E-state index in [-0.39, 0.29) is 60.3 Å². The predicted octanol–water partition coefficient (Wildman–Crippen LogP) is 8.83. The van der Waals surface area contributed by atoms with Gasteiger partial charge < -0.3 is 50.9 Å². The number of aliphatic hydroxyl groups is 1. The Hall–Kier alpha value is -6.79. The van der Waals surface area contributed by atoms with Crippen molar-refractivity contribution in [1.82, 2.24) is 35.6 Å². The maximum absolute atomic E-state index is 14.1. The summed E-state index contributed by atoms with van der Waals surface area (Å²) >= 11 is 1.59. The number of thiazole rings is 1. The number of aromatic nitrogens is 3. The van der Waals surface area contributed by atoms with E-state index in [0.29, 0.717) is 55.9 Å². The van der Waals surface area contributed by atoms with Crippen LogP contribution in [0.3, 0.4) is 0 Å². The Morgan fingerprint density at radius 2 is 1.46 bits per heavy atom. The molecule has 0 bridgehead atoms. The summed E-state index contributed by atoms with van der Waals surface area (Å²) in [7, 11) is 0. The number of β-amino-alcohol motifs (C(OH)–C–C–N with tert-alkyl or cyclic N) is 1. The highest BCUT2D eigenvalue weighted by molar-refractivity contribution is 7.13. The van der Waals surface area contributed by atoms with Crippen LogP contribution in [0.4, 0.5) is 17.2 Å². The van der Waals surface area contributed by atoms with Gasteiger partial charge in [-0.2, -0.15) is 0 Å². The number of aliphatic hydroxyl groups excluding tert-OH is 1. The number of hydrogen-bond donors (Lipinski definition) is 5. The number of ether oxygens (including phenoxy) is 1. The van der Waals surface area contributed by atoms with Gasteiger partial charge in [0.15, 0.2) is 11.6 Å². The zero-order valence-electron chi connectivity index (χ0n) is 46.2. The van der Waals surface area contributed by atoms with Crippen LogP contribution in [-0.4, -0.2) is 129 Å². The third-order valence-electron chi connectivity index (χ3n) is 15.5. The maximum atomic E-state index is 14.1. The number of para-hydroxylation sites is 1. The average Bonchev–Trinajstić information content (AvgIpc) is 4.06. The van der Waals surface area contributed by atoms with Crippen molar-refractivity contribution in [3.05, 3.63) is 95.6 Å². The van der Waals surface area contributed by atoms with Gasteiger partial charge in [0.1, 0.15) is 29.6 Å². The molecule has 3 fully saturated rings. The number of amides is 4. The molecule has 3 aromatic carbocycles. The van der Waals surface area contributed by atoms with E-state index in [1.165, 1.54) is 4.90 Å².